The molecule has 0 heterocycles. The van der Waals surface area contributed by atoms with Crippen molar-refractivity contribution in [1.29, 1.82) is 0 Å². The zero-order chi connectivity index (χ0) is 35.0. The number of carbonyl (C=O) groups is 2. The molecule has 1 N–H and O–H groups in total. The molecule has 5 heteroatoms. The molecule has 0 unspecified atom stereocenters. The molecular weight excluding hydrogens is 596 g/mol. The number of rotatable bonds is 34. The second-order valence-corrected chi connectivity index (χ2v) is 12.6. The van der Waals surface area contributed by atoms with Crippen LogP contribution in [0.25, 0.3) is 0 Å². The lowest BCUT2D eigenvalue weighted by Gasteiger charge is -2.15. The molecular formula is C43H72O5. The van der Waals surface area contributed by atoms with Gasteiger partial charge in [0.25, 0.3) is 0 Å². The van der Waals surface area contributed by atoms with Gasteiger partial charge >= 0.3 is 11.9 Å². The number of unbranched alkanes of at least 4 members (excludes halogenated alkanes) is 14. The molecule has 0 aromatic heterocycles. The number of esters is 2. The summed E-state index contributed by atoms with van der Waals surface area (Å²) in [4.78, 5) is 24.2. The van der Waals surface area contributed by atoms with E-state index in [4.69, 9.17) is 9.47 Å². The van der Waals surface area contributed by atoms with E-state index < -0.39 is 6.10 Å². The van der Waals surface area contributed by atoms with Crippen molar-refractivity contribution in [3.63, 3.8) is 0 Å². The third-order valence-electron chi connectivity index (χ3n) is 7.98. The molecule has 0 aliphatic rings. The first-order valence-electron chi connectivity index (χ1n) is 19.5. The number of ether oxygens (including phenoxy) is 2. The van der Waals surface area contributed by atoms with Crippen molar-refractivity contribution in [2.75, 3.05) is 13.2 Å². The summed E-state index contributed by atoms with van der Waals surface area (Å²) < 4.78 is 10.6. The summed E-state index contributed by atoms with van der Waals surface area (Å²) in [5.74, 6) is -0.650. The zero-order valence-corrected chi connectivity index (χ0v) is 31.0. The standard InChI is InChI=1S/C43H72O5/c1-3-5-7-9-11-13-15-17-19-20-21-22-24-26-28-30-32-34-36-38-43(46)48-41(39-44)40-47-42(45)37-35-33-31-29-27-25-23-18-16-14-12-10-8-6-4-2/h6,8,11-14,17-19,23,27,29,41,44H,3-5,7,9-10,15-16,20-22,24-26,28,30-40H2,1-2H3/b8-6-,13-11-,14-12-,19-17-,23-18-,29-27-/t41-/m0/s1. The summed E-state index contributed by atoms with van der Waals surface area (Å²) >= 11 is 0. The molecule has 5 nitrogen and oxygen atoms in total. The first-order valence-corrected chi connectivity index (χ1v) is 19.5. The number of hydrogen-bond donors (Lipinski definition) is 1. The van der Waals surface area contributed by atoms with Gasteiger partial charge in [-0.3, -0.25) is 9.59 Å². The van der Waals surface area contributed by atoms with Crippen molar-refractivity contribution in [2.45, 2.75) is 174 Å². The molecule has 0 aliphatic heterocycles. The Morgan fingerprint density at radius 2 is 0.896 bits per heavy atom. The monoisotopic (exact) mass is 669 g/mol. The maximum Gasteiger partial charge on any atom is 0.306 e. The molecule has 0 radical (unpaired) electrons. The number of aliphatic hydroxyl groups is 1. The molecule has 0 saturated carbocycles. The Balaban J connectivity index is 3.64. The molecule has 0 aliphatic carbocycles. The number of carbonyl (C=O) groups excluding carboxylic acids is 2. The highest BCUT2D eigenvalue weighted by atomic mass is 16.6. The average molecular weight is 669 g/mol. The maximum absolute atomic E-state index is 12.2. The highest BCUT2D eigenvalue weighted by Gasteiger charge is 2.16. The van der Waals surface area contributed by atoms with E-state index in [2.05, 4.69) is 86.8 Å². The highest BCUT2D eigenvalue weighted by Crippen LogP contribution is 2.13. The van der Waals surface area contributed by atoms with Gasteiger partial charge in [-0.05, 0) is 83.5 Å². The summed E-state index contributed by atoms with van der Waals surface area (Å²) in [5, 5.41) is 9.55. The van der Waals surface area contributed by atoms with E-state index in [1.54, 1.807) is 0 Å². The van der Waals surface area contributed by atoms with Crippen molar-refractivity contribution in [3.05, 3.63) is 72.9 Å². The summed E-state index contributed by atoms with van der Waals surface area (Å²) in [6.45, 7) is 3.94. The van der Waals surface area contributed by atoms with Crippen LogP contribution in [0.5, 0.6) is 0 Å². The highest BCUT2D eigenvalue weighted by molar-refractivity contribution is 5.70. The molecule has 0 saturated heterocycles. The number of aliphatic hydroxyl groups excluding tert-OH is 1. The molecule has 48 heavy (non-hydrogen) atoms. The first kappa shape index (κ1) is 45.3. The topological polar surface area (TPSA) is 72.8 Å². The molecule has 0 aromatic carbocycles. The van der Waals surface area contributed by atoms with E-state index in [9.17, 15) is 14.7 Å². The van der Waals surface area contributed by atoms with Gasteiger partial charge in [0.1, 0.15) is 6.61 Å². The van der Waals surface area contributed by atoms with Gasteiger partial charge in [0, 0.05) is 12.8 Å². The summed E-state index contributed by atoms with van der Waals surface area (Å²) in [6.07, 6.45) is 51.0. The van der Waals surface area contributed by atoms with E-state index in [-0.39, 0.29) is 25.2 Å². The summed E-state index contributed by atoms with van der Waals surface area (Å²) in [7, 11) is 0. The van der Waals surface area contributed by atoms with Crippen molar-refractivity contribution in [2.24, 2.45) is 0 Å². The van der Waals surface area contributed by atoms with E-state index in [0.717, 1.165) is 70.6 Å². The van der Waals surface area contributed by atoms with Crippen LogP contribution >= 0.6 is 0 Å². The van der Waals surface area contributed by atoms with Crippen molar-refractivity contribution in [1.82, 2.24) is 0 Å². The Labute approximate surface area is 295 Å². The van der Waals surface area contributed by atoms with E-state index in [0.29, 0.717) is 12.8 Å². The molecule has 0 fully saturated rings. The van der Waals surface area contributed by atoms with Gasteiger partial charge in [0.15, 0.2) is 6.10 Å². The molecule has 0 bridgehead atoms. The fourth-order valence-corrected chi connectivity index (χ4v) is 5.04. The van der Waals surface area contributed by atoms with E-state index in [1.165, 1.54) is 70.6 Å². The lowest BCUT2D eigenvalue weighted by Crippen LogP contribution is -2.28. The van der Waals surface area contributed by atoms with Crippen LogP contribution in [0.2, 0.25) is 0 Å². The predicted octanol–water partition coefficient (Wildman–Crippen LogP) is 12.2. The predicted molar refractivity (Wildman–Crippen MR) is 205 cm³/mol. The molecule has 0 spiro atoms. The average Bonchev–Trinajstić information content (AvgIpc) is 3.09. The van der Waals surface area contributed by atoms with Crippen molar-refractivity contribution >= 4 is 11.9 Å². The summed E-state index contributed by atoms with van der Waals surface area (Å²) in [6, 6.07) is 0. The smallest absolute Gasteiger partial charge is 0.306 e. The Morgan fingerprint density at radius 1 is 0.500 bits per heavy atom. The third-order valence-corrected chi connectivity index (χ3v) is 7.98. The van der Waals surface area contributed by atoms with Crippen molar-refractivity contribution in [3.8, 4) is 0 Å². The van der Waals surface area contributed by atoms with Crippen molar-refractivity contribution < 1.29 is 24.2 Å². The Morgan fingerprint density at radius 3 is 1.40 bits per heavy atom. The third kappa shape index (κ3) is 36.2. The van der Waals surface area contributed by atoms with E-state index >= 15 is 0 Å². The molecule has 0 amide bonds. The van der Waals surface area contributed by atoms with Crippen LogP contribution in [0.4, 0.5) is 0 Å². The Hall–Kier alpha value is -2.66. The molecule has 274 valence electrons. The largest absolute Gasteiger partial charge is 0.462 e. The number of hydrogen-bond acceptors (Lipinski definition) is 5. The first-order chi connectivity index (χ1) is 23.6. The van der Waals surface area contributed by atoms with Crippen LogP contribution in [0, 0.1) is 0 Å². The van der Waals surface area contributed by atoms with Gasteiger partial charge in [-0.1, -0.05) is 145 Å². The number of allylic oxidation sites excluding steroid dienone is 12. The minimum absolute atomic E-state index is 0.0925. The lowest BCUT2D eigenvalue weighted by molar-refractivity contribution is -0.161. The second-order valence-electron chi connectivity index (χ2n) is 12.6. The van der Waals surface area contributed by atoms with Gasteiger partial charge in [-0.15, -0.1) is 0 Å². The van der Waals surface area contributed by atoms with Gasteiger partial charge in [0.2, 0.25) is 0 Å². The molecule has 0 aromatic rings. The van der Waals surface area contributed by atoms with Crippen LogP contribution in [0.3, 0.4) is 0 Å². The minimum Gasteiger partial charge on any atom is -0.462 e. The minimum atomic E-state index is -0.793. The summed E-state index contributed by atoms with van der Waals surface area (Å²) in [5.41, 5.74) is 0. The van der Waals surface area contributed by atoms with Gasteiger partial charge in [0.05, 0.1) is 6.61 Å². The molecule has 0 rings (SSSR count). The fraction of sp³-hybridized carbons (Fsp3) is 0.674. The quantitative estimate of drug-likeness (QED) is 0.0420. The van der Waals surface area contributed by atoms with Crippen LogP contribution in [0.15, 0.2) is 72.9 Å². The Bertz CT molecular complexity index is 895. The zero-order valence-electron chi connectivity index (χ0n) is 31.0. The Kier molecular flexibility index (Phi) is 36.6. The molecule has 1 atom stereocenters. The van der Waals surface area contributed by atoms with E-state index in [1.807, 2.05) is 0 Å². The lowest BCUT2D eigenvalue weighted by atomic mass is 10.1. The fourth-order valence-electron chi connectivity index (χ4n) is 5.04. The van der Waals surface area contributed by atoms with Crippen LogP contribution in [0.1, 0.15) is 168 Å². The van der Waals surface area contributed by atoms with Gasteiger partial charge < -0.3 is 14.6 Å². The van der Waals surface area contributed by atoms with Crippen LogP contribution in [-0.4, -0.2) is 36.4 Å². The second kappa shape index (κ2) is 38.8. The van der Waals surface area contributed by atoms with Crippen LogP contribution < -0.4 is 0 Å². The van der Waals surface area contributed by atoms with Gasteiger partial charge in [-0.25, -0.2) is 0 Å². The normalized spacial score (nSPS) is 13.0. The van der Waals surface area contributed by atoms with Crippen LogP contribution in [-0.2, 0) is 19.1 Å². The van der Waals surface area contributed by atoms with Gasteiger partial charge in [-0.2, -0.15) is 0 Å². The SMILES string of the molecule is CC/C=C\C/C=C\C/C=C\C/C=C\CCCCC(=O)OC[C@H](CO)OC(=O)CCCCCCCCCCC/C=C\C/C=C\CCCCC. The maximum atomic E-state index is 12.2.